The fourth-order valence-corrected chi connectivity index (χ4v) is 3.76. The largest absolute Gasteiger partial charge is 0.464 e. The molecule has 32 heavy (non-hydrogen) atoms. The van der Waals surface area contributed by atoms with Crippen LogP contribution in [0, 0.1) is 6.92 Å². The summed E-state index contributed by atoms with van der Waals surface area (Å²) < 4.78 is 8.43. The third kappa shape index (κ3) is 4.04. The number of carbonyl (C=O) groups excluding carboxylic acids is 1. The van der Waals surface area contributed by atoms with E-state index in [-0.39, 0.29) is 5.69 Å². The van der Waals surface area contributed by atoms with Crippen molar-refractivity contribution in [2.24, 2.45) is 14.1 Å². The standard InChI is InChI=1S/C22H26N8O2/c1-13-9-14(10-16-19(21(31)32-6)27-30(5)20(13)16)24-22-23-8-7-17(25-22)18-11-15(12-28(2)3)29(4)26-18/h7-11H,12H2,1-6H3,(H,23,24,25). The molecule has 0 aliphatic heterocycles. The van der Waals surface area contributed by atoms with Gasteiger partial charge < -0.3 is 15.0 Å². The van der Waals surface area contributed by atoms with Gasteiger partial charge in [0.25, 0.3) is 0 Å². The van der Waals surface area contributed by atoms with E-state index in [1.54, 1.807) is 17.9 Å². The molecule has 0 fully saturated rings. The fraction of sp³-hybridized carbons (Fsp3) is 0.318. The van der Waals surface area contributed by atoms with Crippen LogP contribution in [0.5, 0.6) is 0 Å². The topological polar surface area (TPSA) is 103 Å². The maximum atomic E-state index is 12.2. The Kier molecular flexibility index (Phi) is 5.62. The number of anilines is 2. The fourth-order valence-electron chi connectivity index (χ4n) is 3.76. The van der Waals surface area contributed by atoms with E-state index in [0.717, 1.165) is 40.4 Å². The maximum Gasteiger partial charge on any atom is 0.359 e. The van der Waals surface area contributed by atoms with Gasteiger partial charge in [0, 0.05) is 37.9 Å². The Labute approximate surface area is 185 Å². The highest BCUT2D eigenvalue weighted by Gasteiger charge is 2.19. The van der Waals surface area contributed by atoms with Crippen LogP contribution in [-0.2, 0) is 25.4 Å². The van der Waals surface area contributed by atoms with Crippen molar-refractivity contribution >= 4 is 28.5 Å². The lowest BCUT2D eigenvalue weighted by atomic mass is 10.1. The molecule has 0 bridgehead atoms. The maximum absolute atomic E-state index is 12.2. The van der Waals surface area contributed by atoms with Gasteiger partial charge in [0.15, 0.2) is 5.69 Å². The first-order valence-corrected chi connectivity index (χ1v) is 10.1. The molecule has 1 N–H and O–H groups in total. The highest BCUT2D eigenvalue weighted by atomic mass is 16.5. The van der Waals surface area contributed by atoms with Crippen LogP contribution < -0.4 is 5.32 Å². The molecule has 0 saturated carbocycles. The molecule has 3 heterocycles. The first-order valence-electron chi connectivity index (χ1n) is 10.1. The van der Waals surface area contributed by atoms with Crippen molar-refractivity contribution in [2.45, 2.75) is 13.5 Å². The Morgan fingerprint density at radius 3 is 2.62 bits per heavy atom. The van der Waals surface area contributed by atoms with E-state index < -0.39 is 5.97 Å². The van der Waals surface area contributed by atoms with Crippen molar-refractivity contribution < 1.29 is 9.53 Å². The third-order valence-corrected chi connectivity index (χ3v) is 5.14. The quantitative estimate of drug-likeness (QED) is 0.462. The van der Waals surface area contributed by atoms with Crippen molar-refractivity contribution in [3.63, 3.8) is 0 Å². The van der Waals surface area contributed by atoms with Gasteiger partial charge in [-0.1, -0.05) is 0 Å². The van der Waals surface area contributed by atoms with Crippen LogP contribution in [-0.4, -0.2) is 61.6 Å². The minimum Gasteiger partial charge on any atom is -0.464 e. The Bertz CT molecular complexity index is 1300. The summed E-state index contributed by atoms with van der Waals surface area (Å²) in [6.45, 7) is 2.75. The van der Waals surface area contributed by atoms with E-state index in [2.05, 4.69) is 30.4 Å². The zero-order valence-electron chi connectivity index (χ0n) is 19.0. The van der Waals surface area contributed by atoms with E-state index in [1.807, 2.05) is 57.0 Å². The van der Waals surface area contributed by atoms with Crippen molar-refractivity contribution in [2.75, 3.05) is 26.5 Å². The molecule has 4 rings (SSSR count). The zero-order chi connectivity index (χ0) is 23.0. The molecule has 0 saturated heterocycles. The van der Waals surface area contributed by atoms with Crippen LogP contribution in [0.4, 0.5) is 11.6 Å². The molecule has 3 aromatic heterocycles. The number of ether oxygens (including phenoxy) is 1. The van der Waals surface area contributed by atoms with Crippen LogP contribution in [0.25, 0.3) is 22.3 Å². The van der Waals surface area contributed by atoms with Crippen molar-refractivity contribution in [1.82, 2.24) is 34.4 Å². The molecule has 10 heteroatoms. The van der Waals surface area contributed by atoms with E-state index in [9.17, 15) is 4.79 Å². The minimum absolute atomic E-state index is 0.272. The average Bonchev–Trinajstić information content (AvgIpc) is 3.27. The number of methoxy groups -OCH3 is 1. The average molecular weight is 435 g/mol. The Balaban J connectivity index is 1.67. The summed E-state index contributed by atoms with van der Waals surface area (Å²) in [6.07, 6.45) is 1.69. The van der Waals surface area contributed by atoms with E-state index >= 15 is 0 Å². The van der Waals surface area contributed by atoms with E-state index in [1.165, 1.54) is 7.11 Å². The number of hydrogen-bond donors (Lipinski definition) is 1. The predicted molar refractivity (Wildman–Crippen MR) is 122 cm³/mol. The van der Waals surface area contributed by atoms with Gasteiger partial charge in [-0.15, -0.1) is 0 Å². The molecule has 0 unspecified atom stereocenters. The van der Waals surface area contributed by atoms with E-state index in [0.29, 0.717) is 11.3 Å². The lowest BCUT2D eigenvalue weighted by Crippen LogP contribution is -2.13. The monoisotopic (exact) mass is 434 g/mol. The molecule has 10 nitrogen and oxygen atoms in total. The third-order valence-electron chi connectivity index (χ3n) is 5.14. The van der Waals surface area contributed by atoms with Crippen molar-refractivity contribution in [1.29, 1.82) is 0 Å². The highest BCUT2D eigenvalue weighted by molar-refractivity contribution is 6.04. The number of rotatable bonds is 6. The zero-order valence-corrected chi connectivity index (χ0v) is 19.0. The van der Waals surface area contributed by atoms with Crippen LogP contribution in [0.2, 0.25) is 0 Å². The first kappa shape index (κ1) is 21.4. The number of aromatic nitrogens is 6. The summed E-state index contributed by atoms with van der Waals surface area (Å²) in [4.78, 5) is 23.2. The van der Waals surface area contributed by atoms with Gasteiger partial charge in [-0.25, -0.2) is 14.8 Å². The van der Waals surface area contributed by atoms with Crippen LogP contribution in [0.1, 0.15) is 21.7 Å². The van der Waals surface area contributed by atoms with Gasteiger partial charge in [-0.2, -0.15) is 10.2 Å². The number of fused-ring (bicyclic) bond motifs is 1. The van der Waals surface area contributed by atoms with E-state index in [4.69, 9.17) is 4.74 Å². The lowest BCUT2D eigenvalue weighted by Gasteiger charge is -2.08. The number of nitrogens with zero attached hydrogens (tertiary/aromatic N) is 7. The van der Waals surface area contributed by atoms with Gasteiger partial charge >= 0.3 is 5.97 Å². The smallest absolute Gasteiger partial charge is 0.359 e. The number of esters is 1. The van der Waals surface area contributed by atoms with Gasteiger partial charge in [0.2, 0.25) is 5.95 Å². The molecule has 0 atom stereocenters. The van der Waals surface area contributed by atoms with Crippen molar-refractivity contribution in [3.8, 4) is 11.4 Å². The summed E-state index contributed by atoms with van der Waals surface area (Å²) in [5.74, 6) is -0.0429. The van der Waals surface area contributed by atoms with Gasteiger partial charge in [0.1, 0.15) is 5.69 Å². The molecule has 0 aliphatic rings. The Morgan fingerprint density at radius 2 is 1.91 bits per heavy atom. The van der Waals surface area contributed by atoms with Gasteiger partial charge in [0.05, 0.1) is 24.0 Å². The van der Waals surface area contributed by atoms with Gasteiger partial charge in [-0.05, 0) is 50.8 Å². The summed E-state index contributed by atoms with van der Waals surface area (Å²) in [5.41, 5.74) is 5.44. The molecule has 0 aliphatic carbocycles. The van der Waals surface area contributed by atoms with Crippen LogP contribution in [0.3, 0.4) is 0 Å². The number of benzene rings is 1. The molecule has 0 spiro atoms. The Hall–Kier alpha value is -3.79. The molecule has 0 radical (unpaired) electrons. The number of nitrogens with one attached hydrogen (secondary N) is 1. The SMILES string of the molecule is COC(=O)c1nn(C)c2c(C)cc(Nc3nccc(-c4cc(CN(C)C)n(C)n4)n3)cc12. The van der Waals surface area contributed by atoms with Crippen molar-refractivity contribution in [3.05, 3.63) is 47.4 Å². The summed E-state index contributed by atoms with van der Waals surface area (Å²) in [7, 11) is 9.11. The molecule has 1 aromatic carbocycles. The molecular formula is C22H26N8O2. The molecule has 4 aromatic rings. The van der Waals surface area contributed by atoms with Crippen LogP contribution >= 0.6 is 0 Å². The number of aryl methyl sites for hydroxylation is 3. The molecular weight excluding hydrogens is 408 g/mol. The predicted octanol–water partition coefficient (Wildman–Crippen LogP) is 2.66. The number of carbonyl (C=O) groups is 1. The number of hydrogen-bond acceptors (Lipinski definition) is 8. The lowest BCUT2D eigenvalue weighted by molar-refractivity contribution is 0.0595. The molecule has 166 valence electrons. The highest BCUT2D eigenvalue weighted by Crippen LogP contribution is 2.28. The second-order valence-corrected chi connectivity index (χ2v) is 7.93. The summed E-state index contributed by atoms with van der Waals surface area (Å²) in [5, 5.41) is 12.9. The second-order valence-electron chi connectivity index (χ2n) is 7.93. The summed E-state index contributed by atoms with van der Waals surface area (Å²) in [6, 6.07) is 7.68. The summed E-state index contributed by atoms with van der Waals surface area (Å²) >= 11 is 0. The van der Waals surface area contributed by atoms with Crippen LogP contribution in [0.15, 0.2) is 30.5 Å². The first-order chi connectivity index (χ1) is 15.3. The van der Waals surface area contributed by atoms with Gasteiger partial charge in [-0.3, -0.25) is 9.36 Å². The molecule has 0 amide bonds. The Morgan fingerprint density at radius 1 is 1.12 bits per heavy atom. The second kappa shape index (κ2) is 8.39. The normalized spacial score (nSPS) is 11.3. The minimum atomic E-state index is -0.478.